The number of nitrogens with one attached hydrogen (secondary N) is 1. The number of nitrogens with zero attached hydrogens (tertiary/aromatic N) is 1. The summed E-state index contributed by atoms with van der Waals surface area (Å²) in [4.78, 5) is 15.5. The number of hydrogen-bond acceptors (Lipinski definition) is 3. The molecule has 0 aromatic carbocycles. The lowest BCUT2D eigenvalue weighted by Crippen LogP contribution is -2.34. The minimum absolute atomic E-state index is 0.00921. The first kappa shape index (κ1) is 12.6. The highest BCUT2D eigenvalue weighted by molar-refractivity contribution is 5.76. The van der Waals surface area contributed by atoms with Gasteiger partial charge in [0, 0.05) is 31.4 Å². The van der Waals surface area contributed by atoms with Crippen molar-refractivity contribution in [3.05, 3.63) is 30.1 Å². The van der Waals surface area contributed by atoms with Crippen molar-refractivity contribution in [3.8, 4) is 0 Å². The molecule has 1 amide bonds. The van der Waals surface area contributed by atoms with E-state index in [1.54, 1.807) is 12.4 Å². The van der Waals surface area contributed by atoms with E-state index in [1.807, 2.05) is 26.0 Å². The predicted molar refractivity (Wildman–Crippen MR) is 63.5 cm³/mol. The Balaban J connectivity index is 2.31. The van der Waals surface area contributed by atoms with Gasteiger partial charge in [-0.3, -0.25) is 9.78 Å². The molecule has 4 heteroatoms. The molecule has 1 aromatic rings. The van der Waals surface area contributed by atoms with Gasteiger partial charge in [-0.05, 0) is 17.5 Å². The Hall–Kier alpha value is -1.42. The van der Waals surface area contributed by atoms with Crippen LogP contribution in [0, 0.1) is 5.92 Å². The Morgan fingerprint density at radius 2 is 2.31 bits per heavy atom. The van der Waals surface area contributed by atoms with Crippen LogP contribution in [0.1, 0.15) is 25.8 Å². The average molecular weight is 221 g/mol. The van der Waals surface area contributed by atoms with E-state index in [1.165, 1.54) is 0 Å². The highest BCUT2D eigenvalue weighted by atomic mass is 16.1. The van der Waals surface area contributed by atoms with E-state index in [0.29, 0.717) is 18.9 Å². The summed E-state index contributed by atoms with van der Waals surface area (Å²) >= 11 is 0. The van der Waals surface area contributed by atoms with Gasteiger partial charge >= 0.3 is 0 Å². The van der Waals surface area contributed by atoms with Crippen LogP contribution >= 0.6 is 0 Å². The number of carbonyl (C=O) groups excluding carboxylic acids is 1. The van der Waals surface area contributed by atoms with Crippen LogP contribution in [0.25, 0.3) is 0 Å². The van der Waals surface area contributed by atoms with E-state index >= 15 is 0 Å². The molecule has 3 N–H and O–H groups in total. The lowest BCUT2D eigenvalue weighted by atomic mass is 10.0. The van der Waals surface area contributed by atoms with Crippen LogP contribution in [-0.4, -0.2) is 16.9 Å². The molecule has 4 nitrogen and oxygen atoms in total. The quantitative estimate of drug-likeness (QED) is 0.781. The summed E-state index contributed by atoms with van der Waals surface area (Å²) in [5, 5.41) is 2.83. The second-order valence-corrected chi connectivity index (χ2v) is 4.25. The van der Waals surface area contributed by atoms with E-state index in [4.69, 9.17) is 5.73 Å². The zero-order valence-electron chi connectivity index (χ0n) is 9.81. The van der Waals surface area contributed by atoms with Crippen molar-refractivity contribution in [1.29, 1.82) is 0 Å². The second-order valence-electron chi connectivity index (χ2n) is 4.25. The summed E-state index contributed by atoms with van der Waals surface area (Å²) in [6.07, 6.45) is 3.82. The predicted octanol–water partition coefficient (Wildman–Crippen LogP) is 1.07. The summed E-state index contributed by atoms with van der Waals surface area (Å²) in [5.41, 5.74) is 6.81. The summed E-state index contributed by atoms with van der Waals surface area (Å²) in [5.74, 6) is 0.314. The maximum atomic E-state index is 11.5. The molecule has 0 fully saturated rings. The molecule has 0 radical (unpaired) electrons. The normalized spacial score (nSPS) is 12.5. The Morgan fingerprint density at radius 3 is 2.88 bits per heavy atom. The third-order valence-corrected chi connectivity index (χ3v) is 2.49. The largest absolute Gasteiger partial charge is 0.352 e. The molecule has 16 heavy (non-hydrogen) atoms. The molecule has 1 aromatic heterocycles. The highest BCUT2D eigenvalue weighted by Gasteiger charge is 2.12. The number of pyridine rings is 1. The first-order valence-electron chi connectivity index (χ1n) is 5.50. The van der Waals surface area contributed by atoms with Crippen molar-refractivity contribution in [2.75, 3.05) is 0 Å². The first-order valence-corrected chi connectivity index (χ1v) is 5.50. The molecule has 0 bridgehead atoms. The summed E-state index contributed by atoms with van der Waals surface area (Å²) in [7, 11) is 0. The molecule has 0 saturated heterocycles. The SMILES string of the molecule is CC(C)C(N)CC(=O)NCc1cccnc1. The van der Waals surface area contributed by atoms with Crippen LogP contribution in [0.15, 0.2) is 24.5 Å². The fourth-order valence-corrected chi connectivity index (χ4v) is 1.23. The number of hydrogen-bond donors (Lipinski definition) is 2. The van der Waals surface area contributed by atoms with Gasteiger partial charge in [-0.15, -0.1) is 0 Å². The fraction of sp³-hybridized carbons (Fsp3) is 0.500. The van der Waals surface area contributed by atoms with Gasteiger partial charge in [0.1, 0.15) is 0 Å². The number of rotatable bonds is 5. The number of nitrogens with two attached hydrogens (primary N) is 1. The lowest BCUT2D eigenvalue weighted by molar-refractivity contribution is -0.121. The van der Waals surface area contributed by atoms with Crippen LogP contribution in [0.3, 0.4) is 0 Å². The van der Waals surface area contributed by atoms with Gasteiger partial charge < -0.3 is 11.1 Å². The zero-order chi connectivity index (χ0) is 12.0. The van der Waals surface area contributed by atoms with Crippen molar-refractivity contribution in [2.24, 2.45) is 11.7 Å². The lowest BCUT2D eigenvalue weighted by Gasteiger charge is -2.14. The standard InChI is InChI=1S/C12H19N3O/c1-9(2)11(13)6-12(16)15-8-10-4-3-5-14-7-10/h3-5,7,9,11H,6,8,13H2,1-2H3,(H,15,16). The zero-order valence-corrected chi connectivity index (χ0v) is 9.81. The smallest absolute Gasteiger partial charge is 0.221 e. The van der Waals surface area contributed by atoms with Gasteiger partial charge in [0.25, 0.3) is 0 Å². The van der Waals surface area contributed by atoms with Crippen LogP contribution in [0.5, 0.6) is 0 Å². The molecule has 0 spiro atoms. The molecule has 1 rings (SSSR count). The third kappa shape index (κ3) is 4.40. The van der Waals surface area contributed by atoms with Gasteiger partial charge in [0.2, 0.25) is 5.91 Å². The monoisotopic (exact) mass is 221 g/mol. The molecule has 1 heterocycles. The molecule has 0 saturated carbocycles. The minimum Gasteiger partial charge on any atom is -0.352 e. The summed E-state index contributed by atoms with van der Waals surface area (Å²) in [6, 6.07) is 3.70. The molecule has 1 atom stereocenters. The van der Waals surface area contributed by atoms with E-state index in [9.17, 15) is 4.79 Å². The van der Waals surface area contributed by atoms with Gasteiger partial charge in [-0.2, -0.15) is 0 Å². The van der Waals surface area contributed by atoms with Gasteiger partial charge in [-0.25, -0.2) is 0 Å². The van der Waals surface area contributed by atoms with Gasteiger partial charge in [0.05, 0.1) is 0 Å². The van der Waals surface area contributed by atoms with Crippen molar-refractivity contribution < 1.29 is 4.79 Å². The topological polar surface area (TPSA) is 68.0 Å². The van der Waals surface area contributed by atoms with Crippen molar-refractivity contribution >= 4 is 5.91 Å². The molecule has 0 aliphatic heterocycles. The molecule has 88 valence electrons. The number of carbonyl (C=O) groups is 1. The Labute approximate surface area is 96.3 Å². The van der Waals surface area contributed by atoms with Crippen LogP contribution in [0.4, 0.5) is 0 Å². The van der Waals surface area contributed by atoms with Gasteiger partial charge in [-0.1, -0.05) is 19.9 Å². The molecule has 0 aliphatic carbocycles. The number of aromatic nitrogens is 1. The van der Waals surface area contributed by atoms with Crippen LogP contribution in [-0.2, 0) is 11.3 Å². The minimum atomic E-state index is -0.0751. The third-order valence-electron chi connectivity index (χ3n) is 2.49. The van der Waals surface area contributed by atoms with Gasteiger partial charge in [0.15, 0.2) is 0 Å². The molecular weight excluding hydrogens is 202 g/mol. The number of amides is 1. The molecule has 1 unspecified atom stereocenters. The van der Waals surface area contributed by atoms with Crippen molar-refractivity contribution in [2.45, 2.75) is 32.9 Å². The molecule has 0 aliphatic rings. The van der Waals surface area contributed by atoms with Crippen molar-refractivity contribution in [1.82, 2.24) is 10.3 Å². The van der Waals surface area contributed by atoms with E-state index in [2.05, 4.69) is 10.3 Å². The maximum Gasteiger partial charge on any atom is 0.221 e. The average Bonchev–Trinajstić information content (AvgIpc) is 2.27. The first-order chi connectivity index (χ1) is 7.59. The van der Waals surface area contributed by atoms with Crippen LogP contribution in [0.2, 0.25) is 0 Å². The summed E-state index contributed by atoms with van der Waals surface area (Å²) in [6.45, 7) is 4.54. The highest BCUT2D eigenvalue weighted by Crippen LogP contribution is 2.02. The van der Waals surface area contributed by atoms with Crippen molar-refractivity contribution in [3.63, 3.8) is 0 Å². The second kappa shape index (κ2) is 6.23. The molecular formula is C12H19N3O. The Morgan fingerprint density at radius 1 is 1.56 bits per heavy atom. The Bertz CT molecular complexity index is 324. The fourth-order valence-electron chi connectivity index (χ4n) is 1.23. The maximum absolute atomic E-state index is 11.5. The summed E-state index contributed by atoms with van der Waals surface area (Å²) < 4.78 is 0. The Kier molecular flexibility index (Phi) is 4.92. The van der Waals surface area contributed by atoms with E-state index < -0.39 is 0 Å². The van der Waals surface area contributed by atoms with E-state index in [0.717, 1.165) is 5.56 Å². The van der Waals surface area contributed by atoms with Crippen LogP contribution < -0.4 is 11.1 Å². The van der Waals surface area contributed by atoms with E-state index in [-0.39, 0.29) is 11.9 Å².